The second kappa shape index (κ2) is 5.33. The van der Waals surface area contributed by atoms with E-state index in [2.05, 4.69) is 10.3 Å². The Morgan fingerprint density at radius 3 is 2.75 bits per heavy atom. The SMILES string of the molecule is CNC(C)c1ncc(-c2cc(F)cc([N+](=O)[O-])c2F)o1. The van der Waals surface area contributed by atoms with Crippen LogP contribution >= 0.6 is 0 Å². The standard InChI is InChI=1S/C12H11F2N3O3/c1-6(15-2)12-16-5-10(20-12)8-3-7(13)4-9(11(8)14)17(18)19/h3-6,15H,1-2H3. The molecular formula is C12H11F2N3O3. The molecule has 2 aromatic rings. The zero-order chi connectivity index (χ0) is 14.9. The lowest BCUT2D eigenvalue weighted by Crippen LogP contribution is -2.12. The van der Waals surface area contributed by atoms with E-state index in [4.69, 9.17) is 4.42 Å². The van der Waals surface area contributed by atoms with E-state index in [-0.39, 0.29) is 23.3 Å². The number of nitrogens with one attached hydrogen (secondary N) is 1. The first-order valence-corrected chi connectivity index (χ1v) is 5.70. The minimum absolute atomic E-state index is 0.0674. The molecule has 0 aliphatic heterocycles. The summed E-state index contributed by atoms with van der Waals surface area (Å²) in [7, 11) is 1.68. The van der Waals surface area contributed by atoms with Gasteiger partial charge in [0.05, 0.1) is 28.8 Å². The first-order chi connectivity index (χ1) is 9.43. The molecule has 0 saturated heterocycles. The molecule has 1 atom stereocenters. The van der Waals surface area contributed by atoms with E-state index >= 15 is 0 Å². The van der Waals surface area contributed by atoms with Gasteiger partial charge in [-0.2, -0.15) is 4.39 Å². The van der Waals surface area contributed by atoms with Crippen LogP contribution in [0.4, 0.5) is 14.5 Å². The summed E-state index contributed by atoms with van der Waals surface area (Å²) < 4.78 is 32.6. The Hall–Kier alpha value is -2.35. The Morgan fingerprint density at radius 2 is 2.15 bits per heavy atom. The van der Waals surface area contributed by atoms with Crippen LogP contribution in [-0.2, 0) is 0 Å². The van der Waals surface area contributed by atoms with Gasteiger partial charge in [-0.15, -0.1) is 0 Å². The average molecular weight is 283 g/mol. The van der Waals surface area contributed by atoms with Crippen molar-refractivity contribution in [2.75, 3.05) is 7.05 Å². The Kier molecular flexibility index (Phi) is 3.75. The van der Waals surface area contributed by atoms with E-state index in [0.717, 1.165) is 6.07 Å². The number of nitro benzene ring substituents is 1. The van der Waals surface area contributed by atoms with Crippen molar-refractivity contribution in [3.8, 4) is 11.3 Å². The molecule has 1 aromatic heterocycles. The lowest BCUT2D eigenvalue weighted by atomic mass is 10.1. The number of rotatable bonds is 4. The summed E-state index contributed by atoms with van der Waals surface area (Å²) in [5.74, 6) is -1.88. The predicted octanol–water partition coefficient (Wildman–Crippen LogP) is 2.81. The van der Waals surface area contributed by atoms with Gasteiger partial charge < -0.3 is 9.73 Å². The van der Waals surface area contributed by atoms with E-state index in [0.29, 0.717) is 6.07 Å². The lowest BCUT2D eigenvalue weighted by molar-refractivity contribution is -0.387. The molecule has 0 radical (unpaired) electrons. The van der Waals surface area contributed by atoms with Gasteiger partial charge in [0.25, 0.3) is 0 Å². The number of nitrogens with zero attached hydrogens (tertiary/aromatic N) is 2. The Labute approximate surface area is 112 Å². The van der Waals surface area contributed by atoms with Crippen LogP contribution in [0.1, 0.15) is 18.9 Å². The van der Waals surface area contributed by atoms with Gasteiger partial charge in [-0.25, -0.2) is 9.37 Å². The van der Waals surface area contributed by atoms with Crippen LogP contribution in [0.2, 0.25) is 0 Å². The van der Waals surface area contributed by atoms with Gasteiger partial charge >= 0.3 is 5.69 Å². The first-order valence-electron chi connectivity index (χ1n) is 5.70. The van der Waals surface area contributed by atoms with Crippen LogP contribution in [-0.4, -0.2) is 17.0 Å². The summed E-state index contributed by atoms with van der Waals surface area (Å²) in [4.78, 5) is 13.6. The van der Waals surface area contributed by atoms with Crippen LogP contribution < -0.4 is 5.32 Å². The van der Waals surface area contributed by atoms with Crippen molar-refractivity contribution in [2.45, 2.75) is 13.0 Å². The van der Waals surface area contributed by atoms with Crippen molar-refractivity contribution in [3.63, 3.8) is 0 Å². The fourth-order valence-corrected chi connectivity index (χ4v) is 1.62. The van der Waals surface area contributed by atoms with Crippen LogP contribution in [0, 0.1) is 21.7 Å². The van der Waals surface area contributed by atoms with Crippen LogP contribution in [0.5, 0.6) is 0 Å². The summed E-state index contributed by atoms with van der Waals surface area (Å²) in [6.07, 6.45) is 1.20. The largest absolute Gasteiger partial charge is 0.439 e. The molecule has 106 valence electrons. The molecule has 1 unspecified atom stereocenters. The van der Waals surface area contributed by atoms with Crippen LogP contribution in [0.15, 0.2) is 22.7 Å². The molecule has 2 rings (SSSR count). The van der Waals surface area contributed by atoms with E-state index in [1.807, 2.05) is 0 Å². The molecule has 0 fully saturated rings. The van der Waals surface area contributed by atoms with Crippen molar-refractivity contribution in [2.24, 2.45) is 0 Å². The number of halogens is 2. The number of oxazole rings is 1. The number of hydrogen-bond acceptors (Lipinski definition) is 5. The van der Waals surface area contributed by atoms with E-state index < -0.39 is 22.2 Å². The molecule has 0 amide bonds. The summed E-state index contributed by atoms with van der Waals surface area (Å²) in [5.41, 5.74) is -1.28. The van der Waals surface area contributed by atoms with E-state index in [1.165, 1.54) is 6.20 Å². The summed E-state index contributed by atoms with van der Waals surface area (Å²) in [5, 5.41) is 13.5. The maximum Gasteiger partial charge on any atom is 0.308 e. The average Bonchev–Trinajstić information content (AvgIpc) is 2.89. The van der Waals surface area contributed by atoms with Gasteiger partial charge in [-0.05, 0) is 20.0 Å². The molecule has 0 saturated carbocycles. The molecule has 0 aliphatic carbocycles. The second-order valence-corrected chi connectivity index (χ2v) is 4.12. The summed E-state index contributed by atoms with van der Waals surface area (Å²) in [6.45, 7) is 1.76. The van der Waals surface area contributed by atoms with E-state index in [1.54, 1.807) is 14.0 Å². The van der Waals surface area contributed by atoms with Crippen molar-refractivity contribution in [1.82, 2.24) is 10.3 Å². The highest BCUT2D eigenvalue weighted by atomic mass is 19.1. The monoisotopic (exact) mass is 283 g/mol. The minimum atomic E-state index is -1.16. The van der Waals surface area contributed by atoms with Gasteiger partial charge in [0.15, 0.2) is 5.76 Å². The highest BCUT2D eigenvalue weighted by molar-refractivity contribution is 5.62. The van der Waals surface area contributed by atoms with Crippen molar-refractivity contribution >= 4 is 5.69 Å². The molecule has 1 aromatic carbocycles. The van der Waals surface area contributed by atoms with Gasteiger partial charge in [-0.1, -0.05) is 0 Å². The fraction of sp³-hybridized carbons (Fsp3) is 0.250. The highest BCUT2D eigenvalue weighted by Gasteiger charge is 2.23. The van der Waals surface area contributed by atoms with Crippen molar-refractivity contribution < 1.29 is 18.1 Å². The second-order valence-electron chi connectivity index (χ2n) is 4.12. The quantitative estimate of drug-likeness (QED) is 0.689. The maximum atomic E-state index is 14.0. The summed E-state index contributed by atoms with van der Waals surface area (Å²) in [6, 6.07) is 1.12. The molecular weight excluding hydrogens is 272 g/mol. The zero-order valence-electron chi connectivity index (χ0n) is 10.7. The van der Waals surface area contributed by atoms with Crippen molar-refractivity contribution in [1.29, 1.82) is 0 Å². The third-order valence-corrected chi connectivity index (χ3v) is 2.81. The molecule has 1 heterocycles. The zero-order valence-corrected chi connectivity index (χ0v) is 10.7. The normalized spacial score (nSPS) is 12.4. The van der Waals surface area contributed by atoms with Crippen molar-refractivity contribution in [3.05, 3.63) is 46.0 Å². The molecule has 20 heavy (non-hydrogen) atoms. The maximum absolute atomic E-state index is 14.0. The highest BCUT2D eigenvalue weighted by Crippen LogP contribution is 2.31. The third kappa shape index (κ3) is 2.50. The van der Waals surface area contributed by atoms with Gasteiger partial charge in [0.1, 0.15) is 5.82 Å². The minimum Gasteiger partial charge on any atom is -0.439 e. The topological polar surface area (TPSA) is 81.2 Å². The lowest BCUT2D eigenvalue weighted by Gasteiger charge is -2.04. The number of aromatic nitrogens is 1. The Bertz CT molecular complexity index is 657. The van der Waals surface area contributed by atoms with Crippen LogP contribution in [0.25, 0.3) is 11.3 Å². The van der Waals surface area contributed by atoms with E-state index in [9.17, 15) is 18.9 Å². The number of hydrogen-bond donors (Lipinski definition) is 1. The molecule has 0 spiro atoms. The number of nitro groups is 1. The van der Waals surface area contributed by atoms with Gasteiger partial charge in [0.2, 0.25) is 11.7 Å². The molecule has 8 heteroatoms. The number of benzene rings is 1. The smallest absolute Gasteiger partial charge is 0.308 e. The molecule has 6 nitrogen and oxygen atoms in total. The molecule has 0 bridgehead atoms. The Morgan fingerprint density at radius 1 is 1.45 bits per heavy atom. The summed E-state index contributed by atoms with van der Waals surface area (Å²) >= 11 is 0. The van der Waals surface area contributed by atoms with Gasteiger partial charge in [0, 0.05) is 0 Å². The fourth-order valence-electron chi connectivity index (χ4n) is 1.62. The molecule has 1 N–H and O–H groups in total. The van der Waals surface area contributed by atoms with Crippen LogP contribution in [0.3, 0.4) is 0 Å². The predicted molar refractivity (Wildman–Crippen MR) is 66.0 cm³/mol. The Balaban J connectivity index is 2.52. The third-order valence-electron chi connectivity index (χ3n) is 2.81. The molecule has 0 aliphatic rings. The first kappa shape index (κ1) is 14.1. The van der Waals surface area contributed by atoms with Gasteiger partial charge in [-0.3, -0.25) is 10.1 Å².